The third kappa shape index (κ3) is 25.7. The minimum Gasteiger partial charge on any atom is -0.296 e. The first-order valence-corrected chi connectivity index (χ1v) is 12.8. The number of halogens is 1. The van der Waals surface area contributed by atoms with E-state index in [2.05, 4.69) is 25.0 Å². The molecule has 0 saturated carbocycles. The molecule has 0 radical (unpaired) electrons. The van der Waals surface area contributed by atoms with Crippen molar-refractivity contribution in [3.8, 4) is 0 Å². The summed E-state index contributed by atoms with van der Waals surface area (Å²) in [6.07, 6.45) is 31.4. The largest absolute Gasteiger partial charge is 0.296 e. The van der Waals surface area contributed by atoms with Crippen molar-refractivity contribution < 1.29 is 0 Å². The van der Waals surface area contributed by atoms with Crippen LogP contribution in [-0.2, 0) is 0 Å². The SMILES string of the molecule is C=CCN(CC=C)CCCCCCCCCCCCCCCCCCCCC.Cl. The van der Waals surface area contributed by atoms with Crippen molar-refractivity contribution in [2.24, 2.45) is 0 Å². The summed E-state index contributed by atoms with van der Waals surface area (Å²) in [5.74, 6) is 0. The van der Waals surface area contributed by atoms with Gasteiger partial charge in [-0.15, -0.1) is 25.6 Å². The van der Waals surface area contributed by atoms with Crippen molar-refractivity contribution in [1.82, 2.24) is 4.90 Å². The molecule has 0 heterocycles. The molecule has 0 fully saturated rings. The number of hydrogen-bond donors (Lipinski definition) is 0. The molecule has 2 heteroatoms. The van der Waals surface area contributed by atoms with Gasteiger partial charge in [0.05, 0.1) is 0 Å². The Bertz CT molecular complexity index is 306. The molecule has 0 aromatic rings. The molecule has 0 aliphatic rings. The Morgan fingerprint density at radius 1 is 0.483 bits per heavy atom. The molecule has 0 aliphatic carbocycles. The van der Waals surface area contributed by atoms with E-state index < -0.39 is 0 Å². The first kappa shape index (κ1) is 30.9. The Balaban J connectivity index is 0. The maximum atomic E-state index is 3.84. The molecule has 0 N–H and O–H groups in total. The van der Waals surface area contributed by atoms with E-state index in [-0.39, 0.29) is 12.4 Å². The summed E-state index contributed by atoms with van der Waals surface area (Å²) in [5, 5.41) is 0. The average Bonchev–Trinajstić information content (AvgIpc) is 2.70. The van der Waals surface area contributed by atoms with Gasteiger partial charge in [0.15, 0.2) is 0 Å². The van der Waals surface area contributed by atoms with Crippen LogP contribution in [0, 0.1) is 0 Å². The van der Waals surface area contributed by atoms with Crippen LogP contribution < -0.4 is 0 Å². The topological polar surface area (TPSA) is 3.24 Å². The maximum Gasteiger partial charge on any atom is 0.0163 e. The van der Waals surface area contributed by atoms with Crippen LogP contribution in [0.2, 0.25) is 0 Å². The maximum absolute atomic E-state index is 3.84. The molecule has 0 atom stereocenters. The van der Waals surface area contributed by atoms with E-state index in [1.54, 1.807) is 0 Å². The monoisotopic (exact) mass is 427 g/mol. The van der Waals surface area contributed by atoms with Gasteiger partial charge < -0.3 is 0 Å². The van der Waals surface area contributed by atoms with Gasteiger partial charge >= 0.3 is 0 Å². The van der Waals surface area contributed by atoms with Gasteiger partial charge in [0, 0.05) is 13.1 Å². The van der Waals surface area contributed by atoms with Crippen LogP contribution in [0.15, 0.2) is 25.3 Å². The number of hydrogen-bond acceptors (Lipinski definition) is 1. The molecule has 0 saturated heterocycles. The first-order chi connectivity index (χ1) is 13.8. The fraction of sp³-hybridized carbons (Fsp3) is 0.852. The standard InChI is InChI=1S/C27H53N.ClH/c1-4-7-8-9-10-11-12-13-14-15-16-17-18-19-20-21-22-23-24-27-28(25-5-2)26-6-3;/h5-6H,2-4,7-27H2,1H3;1H. The summed E-state index contributed by atoms with van der Waals surface area (Å²) in [7, 11) is 0. The molecule has 0 amide bonds. The van der Waals surface area contributed by atoms with Crippen molar-refractivity contribution >= 4 is 12.4 Å². The fourth-order valence-corrected chi connectivity index (χ4v) is 4.04. The summed E-state index contributed by atoms with van der Waals surface area (Å²) in [5.41, 5.74) is 0. The summed E-state index contributed by atoms with van der Waals surface area (Å²) in [6.45, 7) is 13.2. The first-order valence-electron chi connectivity index (χ1n) is 12.8. The molecular weight excluding hydrogens is 374 g/mol. The lowest BCUT2D eigenvalue weighted by molar-refractivity contribution is 0.324. The molecule has 0 unspecified atom stereocenters. The molecule has 29 heavy (non-hydrogen) atoms. The lowest BCUT2D eigenvalue weighted by Crippen LogP contribution is -2.24. The predicted molar refractivity (Wildman–Crippen MR) is 137 cm³/mol. The summed E-state index contributed by atoms with van der Waals surface area (Å²) < 4.78 is 0. The van der Waals surface area contributed by atoms with Crippen LogP contribution in [0.25, 0.3) is 0 Å². The number of unbranched alkanes of at least 4 members (excludes halogenated alkanes) is 18. The molecule has 0 spiro atoms. The van der Waals surface area contributed by atoms with Crippen LogP contribution in [-0.4, -0.2) is 24.5 Å². The summed E-state index contributed by atoms with van der Waals surface area (Å²) >= 11 is 0. The van der Waals surface area contributed by atoms with E-state index >= 15 is 0 Å². The molecule has 1 nitrogen and oxygen atoms in total. The van der Waals surface area contributed by atoms with Crippen molar-refractivity contribution in [2.75, 3.05) is 19.6 Å². The Hall–Kier alpha value is -0.270. The zero-order chi connectivity index (χ0) is 20.5. The summed E-state index contributed by atoms with van der Waals surface area (Å²) in [6, 6.07) is 0. The third-order valence-corrected chi connectivity index (χ3v) is 5.85. The Labute approximate surface area is 191 Å². The minimum atomic E-state index is 0. The van der Waals surface area contributed by atoms with Crippen LogP contribution in [0.3, 0.4) is 0 Å². The predicted octanol–water partition coefficient (Wildman–Crippen LogP) is 9.51. The van der Waals surface area contributed by atoms with Gasteiger partial charge in [-0.25, -0.2) is 0 Å². The van der Waals surface area contributed by atoms with E-state index in [1.165, 1.54) is 129 Å². The van der Waals surface area contributed by atoms with Crippen LogP contribution in [0.5, 0.6) is 0 Å². The van der Waals surface area contributed by atoms with Crippen molar-refractivity contribution in [1.29, 1.82) is 0 Å². The van der Waals surface area contributed by atoms with E-state index in [1.807, 2.05) is 12.2 Å². The van der Waals surface area contributed by atoms with Crippen LogP contribution in [0.1, 0.15) is 129 Å². The molecular formula is C27H54ClN. The van der Waals surface area contributed by atoms with Gasteiger partial charge in [0.25, 0.3) is 0 Å². The Morgan fingerprint density at radius 2 is 0.759 bits per heavy atom. The Morgan fingerprint density at radius 3 is 1.03 bits per heavy atom. The second-order valence-corrected chi connectivity index (χ2v) is 8.70. The van der Waals surface area contributed by atoms with E-state index in [9.17, 15) is 0 Å². The van der Waals surface area contributed by atoms with Gasteiger partial charge in [-0.3, -0.25) is 4.90 Å². The highest BCUT2D eigenvalue weighted by molar-refractivity contribution is 5.85. The van der Waals surface area contributed by atoms with Gasteiger partial charge in [-0.05, 0) is 13.0 Å². The average molecular weight is 428 g/mol. The molecule has 174 valence electrons. The van der Waals surface area contributed by atoms with Crippen LogP contribution in [0.4, 0.5) is 0 Å². The third-order valence-electron chi connectivity index (χ3n) is 5.85. The fourth-order valence-electron chi connectivity index (χ4n) is 4.04. The number of rotatable bonds is 24. The second-order valence-electron chi connectivity index (χ2n) is 8.70. The number of nitrogens with zero attached hydrogens (tertiary/aromatic N) is 1. The van der Waals surface area contributed by atoms with E-state index in [0.717, 1.165) is 13.1 Å². The molecule has 0 aromatic heterocycles. The zero-order valence-electron chi connectivity index (χ0n) is 20.0. The molecule has 0 aliphatic heterocycles. The van der Waals surface area contributed by atoms with Gasteiger partial charge in [-0.1, -0.05) is 135 Å². The quantitative estimate of drug-likeness (QED) is 0.109. The highest BCUT2D eigenvalue weighted by Crippen LogP contribution is 2.14. The van der Waals surface area contributed by atoms with Crippen molar-refractivity contribution in [3.63, 3.8) is 0 Å². The van der Waals surface area contributed by atoms with Crippen molar-refractivity contribution in [3.05, 3.63) is 25.3 Å². The van der Waals surface area contributed by atoms with Crippen LogP contribution >= 0.6 is 12.4 Å². The highest BCUT2D eigenvalue weighted by atomic mass is 35.5. The lowest BCUT2D eigenvalue weighted by atomic mass is 10.0. The summed E-state index contributed by atoms with van der Waals surface area (Å²) in [4.78, 5) is 2.42. The van der Waals surface area contributed by atoms with E-state index in [4.69, 9.17) is 0 Å². The second kappa shape index (κ2) is 27.7. The minimum absolute atomic E-state index is 0. The van der Waals surface area contributed by atoms with E-state index in [0.29, 0.717) is 0 Å². The lowest BCUT2D eigenvalue weighted by Gasteiger charge is -2.18. The van der Waals surface area contributed by atoms with Crippen molar-refractivity contribution in [2.45, 2.75) is 129 Å². The van der Waals surface area contributed by atoms with Gasteiger partial charge in [-0.2, -0.15) is 0 Å². The Kier molecular flexibility index (Phi) is 29.6. The van der Waals surface area contributed by atoms with Gasteiger partial charge in [0.1, 0.15) is 0 Å². The molecule has 0 rings (SSSR count). The highest BCUT2D eigenvalue weighted by Gasteiger charge is 2.00. The molecule has 0 aromatic carbocycles. The smallest absolute Gasteiger partial charge is 0.0163 e. The molecule has 0 bridgehead atoms. The van der Waals surface area contributed by atoms with Gasteiger partial charge in [0.2, 0.25) is 0 Å². The zero-order valence-corrected chi connectivity index (χ0v) is 20.8. The normalized spacial score (nSPS) is 10.8.